The molecule has 2 aromatic rings. The van der Waals surface area contributed by atoms with Crippen molar-refractivity contribution in [3.05, 3.63) is 59.7 Å². The van der Waals surface area contributed by atoms with Crippen molar-refractivity contribution in [3.8, 4) is 11.1 Å². The normalized spacial score (nSPS) is 18.0. The van der Waals surface area contributed by atoms with E-state index in [0.717, 1.165) is 24.0 Å². The van der Waals surface area contributed by atoms with Gasteiger partial charge in [0.2, 0.25) is 5.91 Å². The molecule has 7 heteroatoms. The molecule has 1 fully saturated rings. The van der Waals surface area contributed by atoms with Crippen LogP contribution in [0.25, 0.3) is 11.1 Å². The first-order chi connectivity index (χ1) is 16.5. The molecule has 0 aromatic heterocycles. The summed E-state index contributed by atoms with van der Waals surface area (Å²) in [4.78, 5) is 38.2. The van der Waals surface area contributed by atoms with E-state index in [0.29, 0.717) is 19.5 Å². The quantitative estimate of drug-likeness (QED) is 0.603. The Morgan fingerprint density at radius 1 is 1.09 bits per heavy atom. The lowest BCUT2D eigenvalue weighted by Crippen LogP contribution is -2.44. The van der Waals surface area contributed by atoms with Gasteiger partial charge in [-0.1, -0.05) is 55.5 Å². The standard InChI is InChI=1S/C27H32N2O5/c1-2-19(15-25(30)29-13-7-8-18(16-29)14-26(31)32)28-27(33)34-17-24-22-11-5-3-9-20(22)21-10-4-6-12-23(21)24/h3-6,9-12,18-19,24H,2,7-8,13-17H2,1H3,(H,28,33)(H,31,32). The van der Waals surface area contributed by atoms with Crippen LogP contribution in [0.2, 0.25) is 0 Å². The predicted octanol–water partition coefficient (Wildman–Crippen LogP) is 4.41. The Labute approximate surface area is 200 Å². The molecule has 34 heavy (non-hydrogen) atoms. The van der Waals surface area contributed by atoms with Crippen LogP contribution < -0.4 is 5.32 Å². The SMILES string of the molecule is CCC(CC(=O)N1CCCC(CC(=O)O)C1)NC(=O)OCC1c2ccccc2-c2ccccc21. The van der Waals surface area contributed by atoms with Gasteiger partial charge in [-0.05, 0) is 47.4 Å². The Balaban J connectivity index is 1.31. The van der Waals surface area contributed by atoms with Gasteiger partial charge >= 0.3 is 12.1 Å². The fourth-order valence-electron chi connectivity index (χ4n) is 5.15. The van der Waals surface area contributed by atoms with Crippen LogP contribution in [-0.2, 0) is 14.3 Å². The number of piperidine rings is 1. The minimum Gasteiger partial charge on any atom is -0.481 e. The van der Waals surface area contributed by atoms with E-state index >= 15 is 0 Å². The molecule has 1 aliphatic carbocycles. The molecule has 4 rings (SSSR count). The molecule has 1 aliphatic heterocycles. The number of carbonyl (C=O) groups is 3. The molecule has 1 heterocycles. The van der Waals surface area contributed by atoms with Gasteiger partial charge in [-0.2, -0.15) is 0 Å². The number of fused-ring (bicyclic) bond motifs is 3. The summed E-state index contributed by atoms with van der Waals surface area (Å²) < 4.78 is 5.62. The molecule has 0 saturated carbocycles. The highest BCUT2D eigenvalue weighted by Crippen LogP contribution is 2.44. The highest BCUT2D eigenvalue weighted by molar-refractivity contribution is 5.80. The number of rotatable bonds is 8. The Morgan fingerprint density at radius 2 is 1.74 bits per heavy atom. The third kappa shape index (κ3) is 5.41. The molecule has 1 saturated heterocycles. The maximum Gasteiger partial charge on any atom is 0.407 e. The average molecular weight is 465 g/mol. The number of nitrogens with one attached hydrogen (secondary N) is 1. The molecule has 0 radical (unpaired) electrons. The van der Waals surface area contributed by atoms with E-state index < -0.39 is 12.1 Å². The summed E-state index contributed by atoms with van der Waals surface area (Å²) in [6, 6.07) is 16.0. The fraction of sp³-hybridized carbons (Fsp3) is 0.444. The number of likely N-dealkylation sites (tertiary alicyclic amines) is 1. The number of benzene rings is 2. The molecule has 180 valence electrons. The van der Waals surface area contributed by atoms with Crippen LogP contribution in [0, 0.1) is 5.92 Å². The second-order valence-electron chi connectivity index (χ2n) is 9.23. The van der Waals surface area contributed by atoms with Gasteiger partial charge in [-0.25, -0.2) is 4.79 Å². The minimum absolute atomic E-state index is 0.00892. The number of ether oxygens (including phenoxy) is 1. The van der Waals surface area contributed by atoms with Gasteiger partial charge in [0.15, 0.2) is 0 Å². The van der Waals surface area contributed by atoms with Crippen molar-refractivity contribution in [2.45, 2.75) is 51.0 Å². The van der Waals surface area contributed by atoms with Crippen LogP contribution in [-0.4, -0.2) is 53.7 Å². The van der Waals surface area contributed by atoms with Gasteiger partial charge in [-0.3, -0.25) is 9.59 Å². The lowest BCUT2D eigenvalue weighted by atomic mass is 9.94. The van der Waals surface area contributed by atoms with E-state index in [9.17, 15) is 14.4 Å². The van der Waals surface area contributed by atoms with Crippen molar-refractivity contribution in [3.63, 3.8) is 0 Å². The first-order valence-corrected chi connectivity index (χ1v) is 12.1. The summed E-state index contributed by atoms with van der Waals surface area (Å²) in [5, 5.41) is 11.9. The van der Waals surface area contributed by atoms with Crippen LogP contribution in [0.3, 0.4) is 0 Å². The van der Waals surface area contributed by atoms with E-state index in [2.05, 4.69) is 29.6 Å². The smallest absolute Gasteiger partial charge is 0.407 e. The largest absolute Gasteiger partial charge is 0.481 e. The zero-order valence-electron chi connectivity index (χ0n) is 19.5. The van der Waals surface area contributed by atoms with E-state index in [1.54, 1.807) is 4.90 Å². The van der Waals surface area contributed by atoms with Crippen molar-refractivity contribution >= 4 is 18.0 Å². The number of hydrogen-bond donors (Lipinski definition) is 2. The number of alkyl carbamates (subject to hydrolysis) is 1. The van der Waals surface area contributed by atoms with Gasteiger partial charge < -0.3 is 20.1 Å². The Kier molecular flexibility index (Phi) is 7.50. The summed E-state index contributed by atoms with van der Waals surface area (Å²) in [5.41, 5.74) is 4.65. The van der Waals surface area contributed by atoms with Gasteiger partial charge in [0, 0.05) is 37.9 Å². The van der Waals surface area contributed by atoms with Crippen LogP contribution in [0.4, 0.5) is 4.79 Å². The molecular weight excluding hydrogens is 432 g/mol. The highest BCUT2D eigenvalue weighted by Gasteiger charge is 2.30. The number of amides is 2. The third-order valence-electron chi connectivity index (χ3n) is 6.91. The van der Waals surface area contributed by atoms with Crippen molar-refractivity contribution in [1.29, 1.82) is 0 Å². The van der Waals surface area contributed by atoms with Gasteiger partial charge in [0.1, 0.15) is 6.61 Å². The van der Waals surface area contributed by atoms with Gasteiger partial charge in [0.25, 0.3) is 0 Å². The van der Waals surface area contributed by atoms with E-state index in [1.807, 2.05) is 31.2 Å². The van der Waals surface area contributed by atoms with E-state index in [4.69, 9.17) is 9.84 Å². The average Bonchev–Trinajstić information content (AvgIpc) is 3.15. The van der Waals surface area contributed by atoms with Crippen molar-refractivity contribution in [2.75, 3.05) is 19.7 Å². The predicted molar refractivity (Wildman–Crippen MR) is 128 cm³/mol. The number of carbonyl (C=O) groups excluding carboxylic acids is 2. The second kappa shape index (κ2) is 10.7. The Morgan fingerprint density at radius 3 is 2.35 bits per heavy atom. The second-order valence-corrected chi connectivity index (χ2v) is 9.23. The molecule has 7 nitrogen and oxygen atoms in total. The maximum absolute atomic E-state index is 12.8. The summed E-state index contributed by atoms with van der Waals surface area (Å²) in [6.07, 6.45) is 1.97. The number of carboxylic acid groups (broad SMARTS) is 1. The zero-order chi connectivity index (χ0) is 24.1. The lowest BCUT2D eigenvalue weighted by Gasteiger charge is -2.33. The van der Waals surface area contributed by atoms with Crippen LogP contribution in [0.5, 0.6) is 0 Å². The van der Waals surface area contributed by atoms with Crippen molar-refractivity contribution in [1.82, 2.24) is 10.2 Å². The van der Waals surface area contributed by atoms with Gasteiger partial charge in [-0.15, -0.1) is 0 Å². The summed E-state index contributed by atoms with van der Waals surface area (Å²) in [5.74, 6) is -0.909. The van der Waals surface area contributed by atoms with Crippen LogP contribution in [0.15, 0.2) is 48.5 Å². The first kappa shape index (κ1) is 23.8. The molecule has 2 unspecified atom stereocenters. The molecule has 2 aromatic carbocycles. The highest BCUT2D eigenvalue weighted by atomic mass is 16.5. The monoisotopic (exact) mass is 464 g/mol. The maximum atomic E-state index is 12.8. The topological polar surface area (TPSA) is 95.9 Å². The number of aliphatic carboxylic acids is 1. The summed E-state index contributed by atoms with van der Waals surface area (Å²) in [6.45, 7) is 3.25. The number of hydrogen-bond acceptors (Lipinski definition) is 4. The molecule has 2 amide bonds. The summed E-state index contributed by atoms with van der Waals surface area (Å²) >= 11 is 0. The lowest BCUT2D eigenvalue weighted by molar-refractivity contribution is -0.140. The zero-order valence-corrected chi connectivity index (χ0v) is 19.5. The fourth-order valence-corrected chi connectivity index (χ4v) is 5.15. The van der Waals surface area contributed by atoms with E-state index in [1.165, 1.54) is 11.1 Å². The van der Waals surface area contributed by atoms with E-state index in [-0.39, 0.29) is 43.2 Å². The number of nitrogens with zero attached hydrogens (tertiary/aromatic N) is 1. The Hall–Kier alpha value is -3.35. The first-order valence-electron chi connectivity index (χ1n) is 12.1. The Bertz CT molecular complexity index is 1010. The van der Waals surface area contributed by atoms with Gasteiger partial charge in [0.05, 0.1) is 0 Å². The summed E-state index contributed by atoms with van der Waals surface area (Å²) in [7, 11) is 0. The molecule has 2 aliphatic rings. The van der Waals surface area contributed by atoms with Crippen LogP contribution >= 0.6 is 0 Å². The molecular formula is C27H32N2O5. The minimum atomic E-state index is -0.831. The molecule has 2 atom stereocenters. The van der Waals surface area contributed by atoms with Crippen molar-refractivity contribution in [2.24, 2.45) is 5.92 Å². The van der Waals surface area contributed by atoms with Crippen molar-refractivity contribution < 1.29 is 24.2 Å². The molecule has 2 N–H and O–H groups in total. The molecule has 0 spiro atoms. The number of carboxylic acids is 1. The third-order valence-corrected chi connectivity index (χ3v) is 6.91. The molecule has 0 bridgehead atoms. The van der Waals surface area contributed by atoms with Crippen LogP contribution in [0.1, 0.15) is 56.1 Å².